The van der Waals surface area contributed by atoms with Gasteiger partial charge in [0.05, 0.1) is 19.0 Å². The topological polar surface area (TPSA) is 90.1 Å². The number of nitrogens with one attached hydrogen (secondary N) is 1. The zero-order chi connectivity index (χ0) is 16.5. The van der Waals surface area contributed by atoms with Gasteiger partial charge < -0.3 is 14.5 Å². The van der Waals surface area contributed by atoms with E-state index < -0.39 is 0 Å². The number of methoxy groups -OCH3 is 1. The summed E-state index contributed by atoms with van der Waals surface area (Å²) < 4.78 is 10.6. The van der Waals surface area contributed by atoms with E-state index in [1.807, 2.05) is 0 Å². The molecule has 4 aromatic heterocycles. The Kier molecular flexibility index (Phi) is 3.31. The number of pyridine rings is 3. The fourth-order valence-corrected chi connectivity index (χ4v) is 2.40. The Bertz CT molecular complexity index is 1040. The monoisotopic (exact) mass is 320 g/mol. The van der Waals surface area contributed by atoms with E-state index in [1.54, 1.807) is 42.7 Å². The van der Waals surface area contributed by atoms with E-state index in [9.17, 15) is 4.79 Å². The van der Waals surface area contributed by atoms with Crippen LogP contribution in [0.25, 0.3) is 22.1 Å². The van der Waals surface area contributed by atoms with Crippen LogP contribution in [-0.2, 0) is 0 Å². The van der Waals surface area contributed by atoms with Gasteiger partial charge in [-0.05, 0) is 24.3 Å². The molecule has 0 aliphatic carbocycles. The minimum atomic E-state index is -0.345. The molecule has 0 spiro atoms. The van der Waals surface area contributed by atoms with Crippen molar-refractivity contribution in [2.75, 3.05) is 12.4 Å². The van der Waals surface area contributed by atoms with Gasteiger partial charge >= 0.3 is 0 Å². The number of hydrogen-bond donors (Lipinski definition) is 1. The van der Waals surface area contributed by atoms with Crippen LogP contribution in [0.15, 0.2) is 53.3 Å². The Morgan fingerprint density at radius 3 is 2.83 bits per heavy atom. The number of carbonyl (C=O) groups excluding carboxylic acids is 1. The second kappa shape index (κ2) is 5.62. The highest BCUT2D eigenvalue weighted by Crippen LogP contribution is 2.26. The van der Waals surface area contributed by atoms with Gasteiger partial charge in [0.25, 0.3) is 5.91 Å². The summed E-state index contributed by atoms with van der Waals surface area (Å²) in [4.78, 5) is 24.7. The lowest BCUT2D eigenvalue weighted by molar-refractivity contribution is 0.102. The molecule has 0 saturated heterocycles. The predicted molar refractivity (Wildman–Crippen MR) is 88.1 cm³/mol. The average Bonchev–Trinajstić information content (AvgIpc) is 3.00. The van der Waals surface area contributed by atoms with E-state index in [-0.39, 0.29) is 11.6 Å². The Labute approximate surface area is 136 Å². The van der Waals surface area contributed by atoms with Gasteiger partial charge in [0.2, 0.25) is 11.6 Å². The van der Waals surface area contributed by atoms with E-state index in [1.165, 1.54) is 13.3 Å². The molecule has 0 saturated carbocycles. The van der Waals surface area contributed by atoms with E-state index in [0.717, 1.165) is 10.8 Å². The van der Waals surface area contributed by atoms with Crippen LogP contribution in [0.1, 0.15) is 10.5 Å². The molecule has 4 aromatic rings. The standard InChI is InChI=1S/C17H12N4O3/c1-23-15-5-2-10(8-19-15)20-16(22)13-4-3-11-12-9-18-7-6-14(12)24-17(11)21-13/h2-9H,1H3,(H,20,22). The minimum Gasteiger partial charge on any atom is -0.481 e. The number of furan rings is 1. The van der Waals surface area contributed by atoms with E-state index in [4.69, 9.17) is 9.15 Å². The zero-order valence-electron chi connectivity index (χ0n) is 12.7. The summed E-state index contributed by atoms with van der Waals surface area (Å²) in [6.45, 7) is 0. The van der Waals surface area contributed by atoms with Crippen molar-refractivity contribution in [3.8, 4) is 5.88 Å². The van der Waals surface area contributed by atoms with Crippen molar-refractivity contribution in [3.05, 3.63) is 54.6 Å². The van der Waals surface area contributed by atoms with Gasteiger partial charge in [-0.15, -0.1) is 0 Å². The first kappa shape index (κ1) is 14.1. The number of carbonyl (C=O) groups is 1. The van der Waals surface area contributed by atoms with Crippen LogP contribution in [0.3, 0.4) is 0 Å². The molecule has 0 bridgehead atoms. The van der Waals surface area contributed by atoms with Gasteiger partial charge in [0.1, 0.15) is 11.3 Å². The first-order valence-electron chi connectivity index (χ1n) is 7.19. The average molecular weight is 320 g/mol. The molecule has 0 fully saturated rings. The molecule has 4 rings (SSSR count). The van der Waals surface area contributed by atoms with Crippen molar-refractivity contribution in [3.63, 3.8) is 0 Å². The van der Waals surface area contributed by atoms with Crippen molar-refractivity contribution in [1.29, 1.82) is 0 Å². The van der Waals surface area contributed by atoms with Crippen molar-refractivity contribution in [2.45, 2.75) is 0 Å². The summed E-state index contributed by atoms with van der Waals surface area (Å²) in [5.74, 6) is 0.130. The summed E-state index contributed by atoms with van der Waals surface area (Å²) in [5.41, 5.74) is 1.89. The van der Waals surface area contributed by atoms with Crippen molar-refractivity contribution < 1.29 is 13.9 Å². The second-order valence-corrected chi connectivity index (χ2v) is 5.07. The SMILES string of the molecule is COc1ccc(NC(=O)c2ccc3c(n2)oc2ccncc23)cn1. The molecule has 0 radical (unpaired) electrons. The van der Waals surface area contributed by atoms with Crippen LogP contribution in [-0.4, -0.2) is 28.0 Å². The van der Waals surface area contributed by atoms with E-state index >= 15 is 0 Å². The van der Waals surface area contributed by atoms with Crippen molar-refractivity contribution in [1.82, 2.24) is 15.0 Å². The van der Waals surface area contributed by atoms with Crippen LogP contribution < -0.4 is 10.1 Å². The summed E-state index contributed by atoms with van der Waals surface area (Å²) in [5, 5.41) is 4.42. The van der Waals surface area contributed by atoms with Gasteiger partial charge in [-0.25, -0.2) is 9.97 Å². The maximum absolute atomic E-state index is 12.3. The van der Waals surface area contributed by atoms with Gasteiger partial charge in [-0.3, -0.25) is 9.78 Å². The molecule has 1 N–H and O–H groups in total. The van der Waals surface area contributed by atoms with Crippen LogP contribution in [0.2, 0.25) is 0 Å². The molecule has 118 valence electrons. The largest absolute Gasteiger partial charge is 0.481 e. The maximum Gasteiger partial charge on any atom is 0.274 e. The Balaban J connectivity index is 1.65. The van der Waals surface area contributed by atoms with Gasteiger partial charge in [-0.2, -0.15) is 0 Å². The quantitative estimate of drug-likeness (QED) is 0.624. The predicted octanol–water partition coefficient (Wildman–Crippen LogP) is 3.03. The normalized spacial score (nSPS) is 10.9. The maximum atomic E-state index is 12.3. The van der Waals surface area contributed by atoms with Gasteiger partial charge in [0.15, 0.2) is 0 Å². The minimum absolute atomic E-state index is 0.255. The Morgan fingerprint density at radius 1 is 1.12 bits per heavy atom. The summed E-state index contributed by atoms with van der Waals surface area (Å²) in [7, 11) is 1.53. The molecule has 0 aliphatic heterocycles. The molecule has 0 aromatic carbocycles. The number of aromatic nitrogens is 3. The smallest absolute Gasteiger partial charge is 0.274 e. The molecule has 7 nitrogen and oxygen atoms in total. The van der Waals surface area contributed by atoms with Crippen molar-refractivity contribution >= 4 is 33.7 Å². The molecule has 0 unspecified atom stereocenters. The molecule has 24 heavy (non-hydrogen) atoms. The third-order valence-electron chi connectivity index (χ3n) is 3.57. The Hall–Kier alpha value is -3.48. The highest BCUT2D eigenvalue weighted by Gasteiger charge is 2.13. The lowest BCUT2D eigenvalue weighted by atomic mass is 10.2. The molecular weight excluding hydrogens is 308 g/mol. The number of nitrogens with zero attached hydrogens (tertiary/aromatic N) is 3. The van der Waals surface area contributed by atoms with Crippen LogP contribution in [0, 0.1) is 0 Å². The summed E-state index contributed by atoms with van der Waals surface area (Å²) in [6, 6.07) is 8.58. The van der Waals surface area contributed by atoms with Crippen LogP contribution in [0.4, 0.5) is 5.69 Å². The van der Waals surface area contributed by atoms with Crippen LogP contribution >= 0.6 is 0 Å². The summed E-state index contributed by atoms with van der Waals surface area (Å²) >= 11 is 0. The lowest BCUT2D eigenvalue weighted by Crippen LogP contribution is -2.13. The third kappa shape index (κ3) is 2.41. The lowest BCUT2D eigenvalue weighted by Gasteiger charge is -2.05. The van der Waals surface area contributed by atoms with E-state index in [0.29, 0.717) is 22.9 Å². The van der Waals surface area contributed by atoms with Gasteiger partial charge in [0, 0.05) is 29.2 Å². The number of rotatable bonds is 3. The van der Waals surface area contributed by atoms with Crippen molar-refractivity contribution in [2.24, 2.45) is 0 Å². The third-order valence-corrected chi connectivity index (χ3v) is 3.57. The molecule has 7 heteroatoms. The van der Waals surface area contributed by atoms with Crippen LogP contribution in [0.5, 0.6) is 5.88 Å². The molecule has 0 atom stereocenters. The first-order valence-corrected chi connectivity index (χ1v) is 7.19. The van der Waals surface area contributed by atoms with E-state index in [2.05, 4.69) is 20.3 Å². The molecule has 1 amide bonds. The highest BCUT2D eigenvalue weighted by atomic mass is 16.5. The first-order chi connectivity index (χ1) is 11.7. The Morgan fingerprint density at radius 2 is 2.04 bits per heavy atom. The number of amides is 1. The molecular formula is C17H12N4O3. The number of hydrogen-bond acceptors (Lipinski definition) is 6. The highest BCUT2D eigenvalue weighted by molar-refractivity contribution is 6.07. The fraction of sp³-hybridized carbons (Fsp3) is 0.0588. The number of fused-ring (bicyclic) bond motifs is 3. The fourth-order valence-electron chi connectivity index (χ4n) is 2.40. The van der Waals surface area contributed by atoms with Gasteiger partial charge in [-0.1, -0.05) is 0 Å². The number of ether oxygens (including phenoxy) is 1. The summed E-state index contributed by atoms with van der Waals surface area (Å²) in [6.07, 6.45) is 4.88. The number of anilines is 1. The zero-order valence-corrected chi connectivity index (χ0v) is 12.7. The second-order valence-electron chi connectivity index (χ2n) is 5.07. The molecule has 0 aliphatic rings. The molecule has 4 heterocycles.